The Labute approximate surface area is 83.3 Å². The zero-order valence-corrected chi connectivity index (χ0v) is 7.81. The number of hydrogen-bond donors (Lipinski definition) is 2. The van der Waals surface area contributed by atoms with E-state index in [0.29, 0.717) is 0 Å². The molecule has 0 aromatic carbocycles. The van der Waals surface area contributed by atoms with Crippen LogP contribution in [0.5, 0.6) is 0 Å². The summed E-state index contributed by atoms with van der Waals surface area (Å²) in [7, 11) is 0. The summed E-state index contributed by atoms with van der Waals surface area (Å²) in [6, 6.07) is 1.01. The molecule has 0 atom stereocenters. The van der Waals surface area contributed by atoms with E-state index in [1.165, 1.54) is 0 Å². The quantitative estimate of drug-likeness (QED) is 0.764. The molecule has 1 rings (SSSR count). The second-order valence-electron chi connectivity index (χ2n) is 2.64. The average molecular weight is 224 g/mol. The normalized spacial score (nSPS) is 10.9. The first-order chi connectivity index (χ1) is 6.60. The zero-order valence-electron chi connectivity index (χ0n) is 7.06. The number of nitrogens with one attached hydrogen (secondary N) is 1. The Balaban J connectivity index is 3.40. The molecule has 0 fully saturated rings. The number of aliphatic hydroxyl groups excluding tert-OH is 1. The molecule has 0 radical (unpaired) electrons. The van der Waals surface area contributed by atoms with E-state index in [-0.39, 0.29) is 22.7 Å². The molecule has 0 saturated heterocycles. The number of alkyl halides is 3. The van der Waals surface area contributed by atoms with Crippen molar-refractivity contribution >= 4 is 11.6 Å². The van der Waals surface area contributed by atoms with Gasteiger partial charge < -0.3 is 10.1 Å². The third-order valence-corrected chi connectivity index (χ3v) is 2.06. The summed E-state index contributed by atoms with van der Waals surface area (Å²) in [4.78, 5) is 13.1. The average Bonchev–Trinajstić information content (AvgIpc) is 2.15. The van der Waals surface area contributed by atoms with Crippen LogP contribution < -0.4 is 5.56 Å². The van der Waals surface area contributed by atoms with Crippen LogP contribution in [0.15, 0.2) is 10.9 Å². The second kappa shape index (κ2) is 4.52. The Morgan fingerprint density at radius 3 is 2.64 bits per heavy atom. The van der Waals surface area contributed by atoms with Gasteiger partial charge in [0, 0.05) is 17.5 Å². The lowest BCUT2D eigenvalue weighted by Gasteiger charge is -2.09. The first kappa shape index (κ1) is 11.1. The van der Waals surface area contributed by atoms with Crippen LogP contribution in [0, 0.1) is 0 Å². The van der Waals surface area contributed by atoms with Crippen LogP contribution in [-0.4, -0.2) is 10.1 Å². The van der Waals surface area contributed by atoms with E-state index in [1.54, 1.807) is 0 Å². The zero-order chi connectivity index (χ0) is 10.7. The summed E-state index contributed by atoms with van der Waals surface area (Å²) in [6.07, 6.45) is -2.76. The molecular weight excluding hydrogens is 216 g/mol. The van der Waals surface area contributed by atoms with E-state index in [2.05, 4.69) is 4.98 Å². The highest BCUT2D eigenvalue weighted by atomic mass is 35.5. The summed E-state index contributed by atoms with van der Waals surface area (Å²) in [5.41, 5.74) is -1.06. The van der Waals surface area contributed by atoms with Crippen molar-refractivity contribution in [3.63, 3.8) is 0 Å². The second-order valence-corrected chi connectivity index (χ2v) is 2.91. The molecule has 1 aromatic rings. The van der Waals surface area contributed by atoms with Gasteiger partial charge in [0.25, 0.3) is 6.43 Å². The smallest absolute Gasteiger partial charge is 0.265 e. The third-order valence-electron chi connectivity index (χ3n) is 1.77. The maximum atomic E-state index is 12.5. The largest absolute Gasteiger partial charge is 0.390 e. The van der Waals surface area contributed by atoms with Crippen molar-refractivity contribution in [3.8, 4) is 0 Å². The standard InChI is InChI=1S/C8H8ClF2NO2/c9-2-4-1-6(14)12-5(3-13)7(4)8(10)11/h1,8,13H,2-3H2,(H,12,14). The van der Waals surface area contributed by atoms with Crippen molar-refractivity contribution in [2.24, 2.45) is 0 Å². The van der Waals surface area contributed by atoms with Crippen LogP contribution in [0.25, 0.3) is 0 Å². The van der Waals surface area contributed by atoms with Gasteiger partial charge in [0.05, 0.1) is 12.3 Å². The highest BCUT2D eigenvalue weighted by Gasteiger charge is 2.18. The number of rotatable bonds is 3. The van der Waals surface area contributed by atoms with Crippen molar-refractivity contribution in [2.75, 3.05) is 0 Å². The maximum absolute atomic E-state index is 12.5. The lowest BCUT2D eigenvalue weighted by molar-refractivity contribution is 0.145. The Morgan fingerprint density at radius 2 is 2.21 bits per heavy atom. The number of aliphatic hydroxyl groups is 1. The predicted molar refractivity (Wildman–Crippen MR) is 47.5 cm³/mol. The molecule has 3 nitrogen and oxygen atoms in total. The van der Waals surface area contributed by atoms with Gasteiger partial charge in [-0.05, 0) is 5.56 Å². The van der Waals surface area contributed by atoms with Crippen molar-refractivity contribution in [1.29, 1.82) is 0 Å². The van der Waals surface area contributed by atoms with E-state index < -0.39 is 18.6 Å². The molecular formula is C8H8ClF2NO2. The first-order valence-corrected chi connectivity index (χ1v) is 4.33. The van der Waals surface area contributed by atoms with E-state index >= 15 is 0 Å². The minimum Gasteiger partial charge on any atom is -0.390 e. The van der Waals surface area contributed by atoms with Gasteiger partial charge in [0.2, 0.25) is 5.56 Å². The molecule has 0 aliphatic heterocycles. The fourth-order valence-corrected chi connectivity index (χ4v) is 1.41. The van der Waals surface area contributed by atoms with Crippen molar-refractivity contribution in [2.45, 2.75) is 18.9 Å². The number of pyridine rings is 1. The van der Waals surface area contributed by atoms with Gasteiger partial charge in [0.1, 0.15) is 0 Å². The Hall–Kier alpha value is -0.940. The van der Waals surface area contributed by atoms with Crippen molar-refractivity contribution < 1.29 is 13.9 Å². The molecule has 0 saturated carbocycles. The molecule has 1 aromatic heterocycles. The highest BCUT2D eigenvalue weighted by molar-refractivity contribution is 6.17. The van der Waals surface area contributed by atoms with Crippen molar-refractivity contribution in [1.82, 2.24) is 4.98 Å². The van der Waals surface area contributed by atoms with E-state index in [9.17, 15) is 13.6 Å². The van der Waals surface area contributed by atoms with Crippen LogP contribution in [0.2, 0.25) is 0 Å². The van der Waals surface area contributed by atoms with E-state index in [4.69, 9.17) is 16.7 Å². The Morgan fingerprint density at radius 1 is 1.57 bits per heavy atom. The molecule has 14 heavy (non-hydrogen) atoms. The molecule has 0 amide bonds. The molecule has 2 N–H and O–H groups in total. The summed E-state index contributed by atoms with van der Waals surface area (Å²) in [5.74, 6) is -0.184. The molecule has 0 spiro atoms. The molecule has 0 unspecified atom stereocenters. The molecule has 0 aliphatic carbocycles. The van der Waals surface area contributed by atoms with Gasteiger partial charge in [-0.25, -0.2) is 8.78 Å². The number of aromatic nitrogens is 1. The Bertz CT molecular complexity index is 350. The first-order valence-electron chi connectivity index (χ1n) is 3.80. The third kappa shape index (κ3) is 2.10. The van der Waals surface area contributed by atoms with Crippen LogP contribution in [0.1, 0.15) is 23.2 Å². The number of H-pyrrole nitrogens is 1. The van der Waals surface area contributed by atoms with Gasteiger partial charge >= 0.3 is 0 Å². The monoisotopic (exact) mass is 223 g/mol. The van der Waals surface area contributed by atoms with Crippen molar-refractivity contribution in [3.05, 3.63) is 33.2 Å². The molecule has 78 valence electrons. The van der Waals surface area contributed by atoms with Crippen LogP contribution in [0.3, 0.4) is 0 Å². The summed E-state index contributed by atoms with van der Waals surface area (Å²) in [5, 5.41) is 8.77. The summed E-state index contributed by atoms with van der Waals surface area (Å²) >= 11 is 5.41. The summed E-state index contributed by atoms with van der Waals surface area (Å²) in [6.45, 7) is -0.639. The SMILES string of the molecule is O=c1cc(CCl)c(C(F)F)c(CO)[nH]1. The summed E-state index contributed by atoms with van der Waals surface area (Å²) < 4.78 is 25.0. The number of hydrogen-bond acceptors (Lipinski definition) is 2. The molecule has 6 heteroatoms. The van der Waals surface area contributed by atoms with Crippen LogP contribution >= 0.6 is 11.6 Å². The lowest BCUT2D eigenvalue weighted by atomic mass is 10.1. The molecule has 1 heterocycles. The van der Waals surface area contributed by atoms with Gasteiger partial charge in [-0.1, -0.05) is 0 Å². The van der Waals surface area contributed by atoms with Gasteiger partial charge in [-0.3, -0.25) is 4.79 Å². The van der Waals surface area contributed by atoms with Crippen LogP contribution in [0.4, 0.5) is 8.78 Å². The minimum atomic E-state index is -2.76. The van der Waals surface area contributed by atoms with E-state index in [0.717, 1.165) is 6.07 Å². The molecule has 0 aliphatic rings. The predicted octanol–water partition coefficient (Wildman–Crippen LogP) is 1.54. The van der Waals surface area contributed by atoms with Crippen LogP contribution in [-0.2, 0) is 12.5 Å². The van der Waals surface area contributed by atoms with Gasteiger partial charge in [-0.15, -0.1) is 11.6 Å². The molecule has 0 bridgehead atoms. The number of halogens is 3. The topological polar surface area (TPSA) is 53.1 Å². The number of aromatic amines is 1. The maximum Gasteiger partial charge on any atom is 0.265 e. The lowest BCUT2D eigenvalue weighted by Crippen LogP contribution is -2.14. The van der Waals surface area contributed by atoms with Gasteiger partial charge in [0.15, 0.2) is 0 Å². The fourth-order valence-electron chi connectivity index (χ4n) is 1.19. The minimum absolute atomic E-state index is 0.0504. The van der Waals surface area contributed by atoms with E-state index in [1.807, 2.05) is 0 Å². The Kier molecular flexibility index (Phi) is 3.60. The highest BCUT2D eigenvalue weighted by Crippen LogP contribution is 2.25. The fraction of sp³-hybridized carbons (Fsp3) is 0.375. The van der Waals surface area contributed by atoms with Gasteiger partial charge in [-0.2, -0.15) is 0 Å².